The molecule has 1 aromatic carbocycles. The third-order valence-electron chi connectivity index (χ3n) is 4.47. The fourth-order valence-corrected chi connectivity index (χ4v) is 3.23. The maximum absolute atomic E-state index is 13.2. The summed E-state index contributed by atoms with van der Waals surface area (Å²) in [4.78, 5) is 0. The van der Waals surface area contributed by atoms with E-state index in [4.69, 9.17) is 0 Å². The van der Waals surface area contributed by atoms with Crippen LogP contribution in [0.2, 0.25) is 0 Å². The maximum Gasteiger partial charge on any atom is 0.123 e. The van der Waals surface area contributed by atoms with Crippen molar-refractivity contribution < 1.29 is 4.39 Å². The summed E-state index contributed by atoms with van der Waals surface area (Å²) in [5.74, 6) is 0.447. The van der Waals surface area contributed by atoms with Gasteiger partial charge in [0.25, 0.3) is 0 Å². The first-order valence-corrected chi connectivity index (χ1v) is 8.24. The zero-order valence-electron chi connectivity index (χ0n) is 12.9. The molecule has 1 fully saturated rings. The molecule has 1 aliphatic carbocycles. The molecule has 112 valence electrons. The molecule has 1 atom stereocenters. The Hall–Kier alpha value is -0.890. The van der Waals surface area contributed by atoms with Gasteiger partial charge in [-0.1, -0.05) is 45.2 Å². The summed E-state index contributed by atoms with van der Waals surface area (Å²) in [6.07, 6.45) is 8.75. The second-order valence-electron chi connectivity index (χ2n) is 6.21. The van der Waals surface area contributed by atoms with Gasteiger partial charge in [0.15, 0.2) is 0 Å². The van der Waals surface area contributed by atoms with E-state index < -0.39 is 0 Å². The van der Waals surface area contributed by atoms with Gasteiger partial charge in [-0.05, 0) is 49.3 Å². The van der Waals surface area contributed by atoms with Crippen LogP contribution in [0.1, 0.15) is 70.3 Å². The van der Waals surface area contributed by atoms with Crippen molar-refractivity contribution in [3.05, 3.63) is 35.6 Å². The summed E-state index contributed by atoms with van der Waals surface area (Å²) in [6.45, 7) is 4.52. The minimum atomic E-state index is -0.106. The van der Waals surface area contributed by atoms with Gasteiger partial charge in [0, 0.05) is 12.1 Å². The van der Waals surface area contributed by atoms with E-state index in [2.05, 4.69) is 25.2 Å². The molecular formula is C18H28FN. The van der Waals surface area contributed by atoms with Crippen LogP contribution in [-0.4, -0.2) is 12.1 Å². The van der Waals surface area contributed by atoms with Gasteiger partial charge in [0.1, 0.15) is 5.82 Å². The number of hydrogen-bond acceptors (Lipinski definition) is 1. The average molecular weight is 277 g/mol. The Balaban J connectivity index is 1.77. The third-order valence-corrected chi connectivity index (χ3v) is 4.47. The summed E-state index contributed by atoms with van der Waals surface area (Å²) in [6, 6.07) is 8.42. The summed E-state index contributed by atoms with van der Waals surface area (Å²) >= 11 is 0. The molecule has 0 bridgehead atoms. The molecule has 2 rings (SSSR count). The summed E-state index contributed by atoms with van der Waals surface area (Å²) in [5.41, 5.74) is 1.17. The van der Waals surface area contributed by atoms with Crippen LogP contribution in [-0.2, 0) is 0 Å². The molecule has 2 heteroatoms. The maximum atomic E-state index is 13.2. The van der Waals surface area contributed by atoms with E-state index in [-0.39, 0.29) is 5.82 Å². The Kier molecular flexibility index (Phi) is 6.03. The van der Waals surface area contributed by atoms with Gasteiger partial charge in [-0.3, -0.25) is 0 Å². The summed E-state index contributed by atoms with van der Waals surface area (Å²) in [5, 5.41) is 3.81. The largest absolute Gasteiger partial charge is 0.311 e. The zero-order valence-corrected chi connectivity index (χ0v) is 12.9. The molecule has 1 nitrogen and oxygen atoms in total. The second kappa shape index (κ2) is 7.78. The van der Waals surface area contributed by atoms with Crippen LogP contribution in [0.3, 0.4) is 0 Å². The molecule has 1 unspecified atom stereocenters. The number of halogens is 1. The molecule has 0 spiro atoms. The van der Waals surface area contributed by atoms with E-state index in [9.17, 15) is 4.39 Å². The highest BCUT2D eigenvalue weighted by molar-refractivity contribution is 5.23. The van der Waals surface area contributed by atoms with Gasteiger partial charge in [-0.25, -0.2) is 4.39 Å². The lowest BCUT2D eigenvalue weighted by Crippen LogP contribution is -2.45. The number of unbranched alkanes of at least 4 members (excludes halogenated alkanes) is 1. The van der Waals surface area contributed by atoms with Crippen LogP contribution in [0.15, 0.2) is 24.3 Å². The number of hydrogen-bond donors (Lipinski definition) is 1. The van der Waals surface area contributed by atoms with Crippen molar-refractivity contribution in [1.82, 2.24) is 5.32 Å². The molecule has 0 amide bonds. The van der Waals surface area contributed by atoms with Crippen molar-refractivity contribution in [1.29, 1.82) is 0 Å². The molecule has 20 heavy (non-hydrogen) atoms. The Morgan fingerprint density at radius 1 is 1.20 bits per heavy atom. The molecule has 1 aromatic rings. The highest BCUT2D eigenvalue weighted by Crippen LogP contribution is 2.37. The van der Waals surface area contributed by atoms with Crippen LogP contribution in [0.5, 0.6) is 0 Å². The fraction of sp³-hybridized carbons (Fsp3) is 0.667. The lowest BCUT2D eigenvalue weighted by molar-refractivity contribution is 0.251. The normalized spacial score (nSPS) is 23.4. The molecule has 1 saturated carbocycles. The van der Waals surface area contributed by atoms with Gasteiger partial charge >= 0.3 is 0 Å². The first kappa shape index (κ1) is 15.5. The van der Waals surface area contributed by atoms with Crippen molar-refractivity contribution in [2.45, 2.75) is 76.8 Å². The Morgan fingerprint density at radius 3 is 2.65 bits per heavy atom. The summed E-state index contributed by atoms with van der Waals surface area (Å²) < 4.78 is 13.2. The molecule has 0 radical (unpaired) electrons. The van der Waals surface area contributed by atoms with E-state index in [1.165, 1.54) is 43.7 Å². The van der Waals surface area contributed by atoms with Gasteiger partial charge in [-0.15, -0.1) is 0 Å². The van der Waals surface area contributed by atoms with Gasteiger partial charge in [0.2, 0.25) is 0 Å². The molecule has 0 aliphatic heterocycles. The van der Waals surface area contributed by atoms with Crippen molar-refractivity contribution in [3.8, 4) is 0 Å². The number of benzene rings is 1. The lowest BCUT2D eigenvalue weighted by Gasteiger charge is -2.39. The number of nitrogens with one attached hydrogen (secondary N) is 1. The average Bonchev–Trinajstić information content (AvgIpc) is 2.39. The van der Waals surface area contributed by atoms with Crippen LogP contribution < -0.4 is 5.32 Å². The Bertz CT molecular complexity index is 398. The predicted molar refractivity (Wildman–Crippen MR) is 83.5 cm³/mol. The molecule has 1 aliphatic rings. The fourth-order valence-electron chi connectivity index (χ4n) is 3.23. The van der Waals surface area contributed by atoms with E-state index in [1.54, 1.807) is 6.07 Å². The first-order valence-electron chi connectivity index (χ1n) is 8.24. The molecule has 0 saturated heterocycles. The van der Waals surface area contributed by atoms with E-state index >= 15 is 0 Å². The summed E-state index contributed by atoms with van der Waals surface area (Å²) in [7, 11) is 0. The van der Waals surface area contributed by atoms with Crippen molar-refractivity contribution in [2.24, 2.45) is 0 Å². The smallest absolute Gasteiger partial charge is 0.123 e. The quantitative estimate of drug-likeness (QED) is 0.703. The highest BCUT2D eigenvalue weighted by Gasteiger charge is 2.31. The zero-order chi connectivity index (χ0) is 14.4. The van der Waals surface area contributed by atoms with Gasteiger partial charge < -0.3 is 5.32 Å². The molecule has 0 heterocycles. The Labute approximate surface area is 123 Å². The lowest BCUT2D eigenvalue weighted by atomic mass is 9.75. The van der Waals surface area contributed by atoms with Crippen LogP contribution >= 0.6 is 0 Å². The minimum Gasteiger partial charge on any atom is -0.311 e. The second-order valence-corrected chi connectivity index (χ2v) is 6.21. The van der Waals surface area contributed by atoms with E-state index in [0.717, 1.165) is 12.8 Å². The molecule has 1 N–H and O–H groups in total. The Morgan fingerprint density at radius 2 is 2.00 bits per heavy atom. The number of rotatable bonds is 8. The van der Waals surface area contributed by atoms with Crippen molar-refractivity contribution >= 4 is 0 Å². The van der Waals surface area contributed by atoms with Gasteiger partial charge in [-0.2, -0.15) is 0 Å². The first-order chi connectivity index (χ1) is 9.72. The van der Waals surface area contributed by atoms with Crippen molar-refractivity contribution in [2.75, 3.05) is 0 Å². The molecular weight excluding hydrogens is 249 g/mol. The van der Waals surface area contributed by atoms with E-state index in [0.29, 0.717) is 18.0 Å². The van der Waals surface area contributed by atoms with Crippen LogP contribution in [0, 0.1) is 5.82 Å². The highest BCUT2D eigenvalue weighted by atomic mass is 19.1. The SMILES string of the molecule is CCCCC(CCC)NC1CC(c2cccc(F)c2)C1. The van der Waals surface area contributed by atoms with Crippen molar-refractivity contribution in [3.63, 3.8) is 0 Å². The standard InChI is InChI=1S/C18H28FN/c1-3-5-10-17(7-4-2)20-18-12-15(13-18)14-8-6-9-16(19)11-14/h6,8-9,11,15,17-18,20H,3-5,7,10,12-13H2,1-2H3. The van der Waals surface area contributed by atoms with Gasteiger partial charge in [0.05, 0.1) is 0 Å². The third kappa shape index (κ3) is 4.31. The monoisotopic (exact) mass is 277 g/mol. The van der Waals surface area contributed by atoms with Crippen LogP contribution in [0.25, 0.3) is 0 Å². The molecule has 0 aromatic heterocycles. The minimum absolute atomic E-state index is 0.106. The van der Waals surface area contributed by atoms with E-state index in [1.807, 2.05) is 6.07 Å². The predicted octanol–water partition coefficient (Wildman–Crippen LogP) is 5.02. The topological polar surface area (TPSA) is 12.0 Å². The van der Waals surface area contributed by atoms with Crippen LogP contribution in [0.4, 0.5) is 4.39 Å².